The van der Waals surface area contributed by atoms with Crippen LogP contribution in [0.3, 0.4) is 0 Å². The molecule has 0 amide bonds. The van der Waals surface area contributed by atoms with Crippen molar-refractivity contribution >= 4 is 46.2 Å². The van der Waals surface area contributed by atoms with Crippen LogP contribution in [-0.4, -0.2) is 41.6 Å². The van der Waals surface area contributed by atoms with E-state index in [1.807, 2.05) is 22.2 Å². The summed E-state index contributed by atoms with van der Waals surface area (Å²) in [6, 6.07) is 0. The van der Waals surface area contributed by atoms with Crippen LogP contribution in [0.5, 0.6) is 0 Å². The summed E-state index contributed by atoms with van der Waals surface area (Å²) in [5.41, 5.74) is 0.988. The first-order valence-corrected chi connectivity index (χ1v) is 9.24. The first kappa shape index (κ1) is 19.5. The molecule has 2 aromatic heterocycles. The van der Waals surface area contributed by atoms with Gasteiger partial charge in [-0.05, 0) is 32.1 Å². The van der Waals surface area contributed by atoms with E-state index in [1.54, 1.807) is 11.3 Å². The summed E-state index contributed by atoms with van der Waals surface area (Å²) in [4.78, 5) is 10.2. The lowest BCUT2D eigenvalue weighted by Gasteiger charge is -2.11. The van der Waals surface area contributed by atoms with E-state index in [-0.39, 0.29) is 24.0 Å². The van der Waals surface area contributed by atoms with Gasteiger partial charge in [-0.25, -0.2) is 9.98 Å². The Morgan fingerprint density at radius 2 is 2.33 bits per heavy atom. The predicted molar refractivity (Wildman–Crippen MR) is 109 cm³/mol. The van der Waals surface area contributed by atoms with Crippen molar-refractivity contribution in [2.75, 3.05) is 26.3 Å². The quantitative estimate of drug-likeness (QED) is 0.260. The van der Waals surface area contributed by atoms with Crippen molar-refractivity contribution in [1.29, 1.82) is 0 Å². The Bertz CT molecular complexity index is 609. The fourth-order valence-electron chi connectivity index (χ4n) is 2.27. The summed E-state index contributed by atoms with van der Waals surface area (Å²) >= 11 is 1.64. The molecule has 0 radical (unpaired) electrons. The van der Waals surface area contributed by atoms with Gasteiger partial charge in [0.25, 0.3) is 0 Å². The molecule has 0 aliphatic heterocycles. The van der Waals surface area contributed by atoms with E-state index >= 15 is 0 Å². The van der Waals surface area contributed by atoms with E-state index in [0.717, 1.165) is 55.3 Å². The van der Waals surface area contributed by atoms with E-state index in [2.05, 4.69) is 27.5 Å². The van der Waals surface area contributed by atoms with Gasteiger partial charge in [0.2, 0.25) is 0 Å². The third-order valence-electron chi connectivity index (χ3n) is 3.69. The van der Waals surface area contributed by atoms with Gasteiger partial charge >= 0.3 is 0 Å². The number of ether oxygens (including phenoxy) is 1. The minimum absolute atomic E-state index is 0. The summed E-state index contributed by atoms with van der Waals surface area (Å²) in [5, 5.41) is 8.65. The maximum Gasteiger partial charge on any atom is 0.193 e. The zero-order valence-electron chi connectivity index (χ0n) is 14.0. The number of halogens is 1. The zero-order chi connectivity index (χ0) is 15.9. The van der Waals surface area contributed by atoms with Gasteiger partial charge < -0.3 is 15.4 Å². The second-order valence-corrected chi connectivity index (χ2v) is 6.69. The van der Waals surface area contributed by atoms with Crippen molar-refractivity contribution in [3.63, 3.8) is 0 Å². The predicted octanol–water partition coefficient (Wildman–Crippen LogP) is 2.89. The van der Waals surface area contributed by atoms with Gasteiger partial charge in [0.1, 0.15) is 0 Å². The van der Waals surface area contributed by atoms with Crippen LogP contribution in [0, 0.1) is 5.92 Å². The highest BCUT2D eigenvalue weighted by molar-refractivity contribution is 14.0. The van der Waals surface area contributed by atoms with Gasteiger partial charge in [0, 0.05) is 44.1 Å². The van der Waals surface area contributed by atoms with Crippen molar-refractivity contribution in [3.05, 3.63) is 23.5 Å². The number of imidazole rings is 1. The minimum Gasteiger partial charge on any atom is -0.381 e. The van der Waals surface area contributed by atoms with E-state index in [4.69, 9.17) is 4.74 Å². The molecular formula is C16H26IN5OS. The van der Waals surface area contributed by atoms with Gasteiger partial charge in [-0.2, -0.15) is 0 Å². The second-order valence-electron chi connectivity index (χ2n) is 5.82. The number of rotatable bonds is 9. The summed E-state index contributed by atoms with van der Waals surface area (Å²) in [5.74, 6) is 1.68. The third-order valence-corrected chi connectivity index (χ3v) is 4.47. The van der Waals surface area contributed by atoms with E-state index in [0.29, 0.717) is 6.54 Å². The van der Waals surface area contributed by atoms with Gasteiger partial charge in [0.15, 0.2) is 10.9 Å². The highest BCUT2D eigenvalue weighted by atomic mass is 127. The molecule has 1 saturated carbocycles. The molecule has 2 aromatic rings. The molecule has 2 heterocycles. The highest BCUT2D eigenvalue weighted by Crippen LogP contribution is 2.28. The second kappa shape index (κ2) is 10.2. The Morgan fingerprint density at radius 1 is 1.46 bits per heavy atom. The lowest BCUT2D eigenvalue weighted by atomic mass is 10.4. The largest absolute Gasteiger partial charge is 0.381 e. The van der Waals surface area contributed by atoms with E-state index in [1.165, 1.54) is 12.8 Å². The topological polar surface area (TPSA) is 63.0 Å². The van der Waals surface area contributed by atoms with Crippen LogP contribution in [-0.2, 0) is 11.3 Å². The summed E-state index contributed by atoms with van der Waals surface area (Å²) < 4.78 is 7.68. The normalized spacial score (nSPS) is 14.6. The fraction of sp³-hybridized carbons (Fsp3) is 0.625. The first-order valence-electron chi connectivity index (χ1n) is 8.36. The van der Waals surface area contributed by atoms with Crippen LogP contribution in [0.25, 0.3) is 4.96 Å². The SMILES string of the molecule is CCNC(=NCc1cn2ccsc2n1)NCCCOCC1CC1.I. The molecule has 0 aromatic carbocycles. The molecule has 8 heteroatoms. The summed E-state index contributed by atoms with van der Waals surface area (Å²) in [7, 11) is 0. The van der Waals surface area contributed by atoms with Crippen molar-refractivity contribution in [2.24, 2.45) is 10.9 Å². The molecule has 2 N–H and O–H groups in total. The molecule has 0 atom stereocenters. The van der Waals surface area contributed by atoms with Crippen LogP contribution in [0.1, 0.15) is 31.9 Å². The number of aromatic nitrogens is 2. The molecule has 6 nitrogen and oxygen atoms in total. The maximum atomic E-state index is 5.64. The molecule has 3 rings (SSSR count). The Hall–Kier alpha value is -0.870. The number of nitrogens with one attached hydrogen (secondary N) is 2. The molecule has 24 heavy (non-hydrogen) atoms. The molecular weight excluding hydrogens is 437 g/mol. The summed E-state index contributed by atoms with van der Waals surface area (Å²) in [6.07, 6.45) is 7.75. The number of hydrogen-bond donors (Lipinski definition) is 2. The van der Waals surface area contributed by atoms with Crippen molar-refractivity contribution < 1.29 is 4.74 Å². The van der Waals surface area contributed by atoms with Gasteiger partial charge in [0.05, 0.1) is 12.2 Å². The molecule has 1 aliphatic carbocycles. The molecule has 0 unspecified atom stereocenters. The lowest BCUT2D eigenvalue weighted by molar-refractivity contribution is 0.123. The van der Waals surface area contributed by atoms with Crippen LogP contribution >= 0.6 is 35.3 Å². The van der Waals surface area contributed by atoms with E-state index < -0.39 is 0 Å². The van der Waals surface area contributed by atoms with Crippen LogP contribution in [0.4, 0.5) is 0 Å². The zero-order valence-corrected chi connectivity index (χ0v) is 17.2. The Kier molecular flexibility index (Phi) is 8.26. The van der Waals surface area contributed by atoms with Gasteiger partial charge in [-0.15, -0.1) is 35.3 Å². The maximum absolute atomic E-state index is 5.64. The number of nitrogens with zero attached hydrogens (tertiary/aromatic N) is 3. The molecule has 134 valence electrons. The molecule has 1 aliphatic rings. The molecule has 0 spiro atoms. The van der Waals surface area contributed by atoms with Crippen molar-refractivity contribution in [2.45, 2.75) is 32.7 Å². The van der Waals surface area contributed by atoms with Crippen molar-refractivity contribution in [3.8, 4) is 0 Å². The number of thiazole rings is 1. The standard InChI is InChI=1S/C16H25N5OS.HI/c1-2-17-15(18-6-3-8-22-12-13-4-5-13)19-10-14-11-21-7-9-23-16(21)20-14;/h7,9,11,13H,2-6,8,10,12H2,1H3,(H2,17,18,19);1H. The average Bonchev–Trinajstić information content (AvgIpc) is 3.13. The number of aliphatic imine (C=N–C) groups is 1. The number of guanidine groups is 1. The molecule has 1 fully saturated rings. The Balaban J connectivity index is 0.00000208. The van der Waals surface area contributed by atoms with E-state index in [9.17, 15) is 0 Å². The smallest absolute Gasteiger partial charge is 0.193 e. The third kappa shape index (κ3) is 6.21. The first-order chi connectivity index (χ1) is 11.3. The van der Waals surface area contributed by atoms with Crippen LogP contribution in [0.15, 0.2) is 22.8 Å². The summed E-state index contributed by atoms with van der Waals surface area (Å²) in [6.45, 7) is 6.13. The van der Waals surface area contributed by atoms with Crippen LogP contribution in [0.2, 0.25) is 0 Å². The molecule has 0 bridgehead atoms. The highest BCUT2D eigenvalue weighted by Gasteiger charge is 2.20. The fourth-order valence-corrected chi connectivity index (χ4v) is 2.99. The van der Waals surface area contributed by atoms with Crippen molar-refractivity contribution in [1.82, 2.24) is 20.0 Å². The Labute approximate surface area is 164 Å². The average molecular weight is 463 g/mol. The van der Waals surface area contributed by atoms with Gasteiger partial charge in [-0.1, -0.05) is 0 Å². The van der Waals surface area contributed by atoms with Gasteiger partial charge in [-0.3, -0.25) is 4.40 Å². The number of hydrogen-bond acceptors (Lipinski definition) is 4. The number of fused-ring (bicyclic) bond motifs is 1. The minimum atomic E-state index is 0. The molecule has 0 saturated heterocycles. The lowest BCUT2D eigenvalue weighted by Crippen LogP contribution is -2.38. The monoisotopic (exact) mass is 463 g/mol. The Morgan fingerprint density at radius 3 is 3.08 bits per heavy atom. The van der Waals surface area contributed by atoms with Crippen LogP contribution < -0.4 is 10.6 Å².